The highest BCUT2D eigenvalue weighted by Crippen LogP contribution is 2.22. The van der Waals surface area contributed by atoms with E-state index in [0.29, 0.717) is 6.42 Å². The molecule has 1 amide bonds. The van der Waals surface area contributed by atoms with E-state index in [9.17, 15) is 4.79 Å². The van der Waals surface area contributed by atoms with E-state index in [-0.39, 0.29) is 5.91 Å². The standard InChI is InChI=1S/C25H30N4O/c1-26-25(28-16-13-23(14-17-28)22-6-3-2-4-7-22)27-18-20-9-11-21(12-10-20)19-29-15-5-8-24(29)30/h2-4,6-7,9-13H,5,8,14-19H2,1H3,(H,26,27). The van der Waals surface area contributed by atoms with Crippen molar-refractivity contribution in [2.24, 2.45) is 4.99 Å². The number of guanidine groups is 1. The monoisotopic (exact) mass is 402 g/mol. The summed E-state index contributed by atoms with van der Waals surface area (Å²) in [5.74, 6) is 1.21. The fourth-order valence-electron chi connectivity index (χ4n) is 4.14. The van der Waals surface area contributed by atoms with Gasteiger partial charge in [-0.25, -0.2) is 0 Å². The van der Waals surface area contributed by atoms with E-state index < -0.39 is 0 Å². The van der Waals surface area contributed by atoms with E-state index in [2.05, 4.69) is 75.9 Å². The van der Waals surface area contributed by atoms with Crippen LogP contribution in [0.3, 0.4) is 0 Å². The topological polar surface area (TPSA) is 47.9 Å². The summed E-state index contributed by atoms with van der Waals surface area (Å²) in [5.41, 5.74) is 5.13. The quantitative estimate of drug-likeness (QED) is 0.613. The molecule has 156 valence electrons. The van der Waals surface area contributed by atoms with Gasteiger partial charge in [-0.2, -0.15) is 0 Å². The Labute approximate surface area is 179 Å². The Bertz CT molecular complexity index is 918. The van der Waals surface area contributed by atoms with Gasteiger partial charge in [-0.15, -0.1) is 0 Å². The van der Waals surface area contributed by atoms with Crippen LogP contribution in [0.5, 0.6) is 0 Å². The minimum absolute atomic E-state index is 0.274. The highest BCUT2D eigenvalue weighted by molar-refractivity contribution is 5.81. The first-order chi connectivity index (χ1) is 14.7. The molecule has 0 aromatic heterocycles. The molecular formula is C25H30N4O. The van der Waals surface area contributed by atoms with Crippen LogP contribution in [0.4, 0.5) is 0 Å². The van der Waals surface area contributed by atoms with E-state index >= 15 is 0 Å². The number of hydrogen-bond donors (Lipinski definition) is 1. The zero-order valence-corrected chi connectivity index (χ0v) is 17.7. The third-order valence-corrected chi connectivity index (χ3v) is 5.88. The summed E-state index contributed by atoms with van der Waals surface area (Å²) in [5, 5.41) is 3.49. The summed E-state index contributed by atoms with van der Waals surface area (Å²) in [6.07, 6.45) is 5.01. The van der Waals surface area contributed by atoms with Gasteiger partial charge in [-0.3, -0.25) is 9.79 Å². The maximum Gasteiger partial charge on any atom is 0.222 e. The molecule has 0 spiro atoms. The fraction of sp³-hybridized carbons (Fsp3) is 0.360. The van der Waals surface area contributed by atoms with Crippen molar-refractivity contribution < 1.29 is 4.79 Å². The van der Waals surface area contributed by atoms with Crippen LogP contribution in [0.25, 0.3) is 5.57 Å². The molecule has 0 saturated carbocycles. The molecule has 30 heavy (non-hydrogen) atoms. The molecule has 5 nitrogen and oxygen atoms in total. The van der Waals surface area contributed by atoms with Crippen molar-refractivity contribution in [2.45, 2.75) is 32.4 Å². The smallest absolute Gasteiger partial charge is 0.222 e. The molecule has 1 saturated heterocycles. The normalized spacial score (nSPS) is 17.3. The second kappa shape index (κ2) is 9.61. The molecule has 2 aromatic rings. The van der Waals surface area contributed by atoms with Crippen molar-refractivity contribution in [3.63, 3.8) is 0 Å². The Morgan fingerprint density at radius 2 is 1.77 bits per heavy atom. The predicted molar refractivity (Wildman–Crippen MR) is 122 cm³/mol. The van der Waals surface area contributed by atoms with Crippen molar-refractivity contribution >= 4 is 17.4 Å². The lowest BCUT2D eigenvalue weighted by Gasteiger charge is -2.30. The van der Waals surface area contributed by atoms with E-state index in [1.807, 2.05) is 11.9 Å². The molecule has 4 rings (SSSR count). The highest BCUT2D eigenvalue weighted by Gasteiger charge is 2.20. The summed E-state index contributed by atoms with van der Waals surface area (Å²) >= 11 is 0. The molecule has 1 N–H and O–H groups in total. The Balaban J connectivity index is 1.29. The summed E-state index contributed by atoms with van der Waals surface area (Å²) in [7, 11) is 1.84. The van der Waals surface area contributed by atoms with Crippen LogP contribution in [0.15, 0.2) is 65.7 Å². The minimum atomic E-state index is 0.274. The molecule has 0 radical (unpaired) electrons. The number of likely N-dealkylation sites (tertiary alicyclic amines) is 1. The number of nitrogens with zero attached hydrogens (tertiary/aromatic N) is 3. The molecule has 5 heteroatoms. The van der Waals surface area contributed by atoms with Crippen molar-refractivity contribution in [3.8, 4) is 0 Å². The molecule has 2 aromatic carbocycles. The van der Waals surface area contributed by atoms with E-state index in [4.69, 9.17) is 0 Å². The number of nitrogens with one attached hydrogen (secondary N) is 1. The van der Waals surface area contributed by atoms with Gasteiger partial charge < -0.3 is 15.1 Å². The van der Waals surface area contributed by atoms with Crippen molar-refractivity contribution in [2.75, 3.05) is 26.7 Å². The van der Waals surface area contributed by atoms with Crippen LogP contribution in [0, 0.1) is 0 Å². The van der Waals surface area contributed by atoms with Crippen LogP contribution in [0.2, 0.25) is 0 Å². The number of carbonyl (C=O) groups excluding carboxylic acids is 1. The Morgan fingerprint density at radius 3 is 2.40 bits per heavy atom. The van der Waals surface area contributed by atoms with E-state index in [0.717, 1.165) is 51.5 Å². The Morgan fingerprint density at radius 1 is 1.00 bits per heavy atom. The molecule has 2 aliphatic rings. The molecule has 2 heterocycles. The summed E-state index contributed by atoms with van der Waals surface area (Å²) < 4.78 is 0. The molecule has 0 atom stereocenters. The lowest BCUT2D eigenvalue weighted by Crippen LogP contribution is -2.43. The van der Waals surface area contributed by atoms with Crippen LogP contribution >= 0.6 is 0 Å². The van der Waals surface area contributed by atoms with Crippen LogP contribution in [-0.2, 0) is 17.9 Å². The first-order valence-electron chi connectivity index (χ1n) is 10.8. The first-order valence-corrected chi connectivity index (χ1v) is 10.8. The van der Waals surface area contributed by atoms with Gasteiger partial charge in [-0.05, 0) is 35.1 Å². The molecule has 1 fully saturated rings. The number of hydrogen-bond acceptors (Lipinski definition) is 2. The third kappa shape index (κ3) is 4.90. The number of benzene rings is 2. The average molecular weight is 403 g/mol. The number of amides is 1. The van der Waals surface area contributed by atoms with Crippen molar-refractivity contribution in [1.29, 1.82) is 0 Å². The molecule has 0 aliphatic carbocycles. The second-order valence-electron chi connectivity index (χ2n) is 7.93. The second-order valence-corrected chi connectivity index (χ2v) is 7.93. The summed E-state index contributed by atoms with van der Waals surface area (Å²) in [6.45, 7) is 4.17. The first kappa shape index (κ1) is 20.2. The Hall–Kier alpha value is -3.08. The third-order valence-electron chi connectivity index (χ3n) is 5.88. The predicted octanol–water partition coefficient (Wildman–Crippen LogP) is 3.67. The molecule has 0 unspecified atom stereocenters. The van der Waals surface area contributed by atoms with Gasteiger partial charge in [-0.1, -0.05) is 60.7 Å². The van der Waals surface area contributed by atoms with Crippen molar-refractivity contribution in [3.05, 3.63) is 77.4 Å². The molecular weight excluding hydrogens is 372 g/mol. The van der Waals surface area contributed by atoms with Gasteiger partial charge >= 0.3 is 0 Å². The summed E-state index contributed by atoms with van der Waals surface area (Å²) in [6, 6.07) is 19.1. The highest BCUT2D eigenvalue weighted by atomic mass is 16.2. The maximum atomic E-state index is 11.8. The van der Waals surface area contributed by atoms with Gasteiger partial charge in [0, 0.05) is 46.2 Å². The lowest BCUT2D eigenvalue weighted by atomic mass is 10.00. The molecule has 2 aliphatic heterocycles. The van der Waals surface area contributed by atoms with Crippen molar-refractivity contribution in [1.82, 2.24) is 15.1 Å². The average Bonchev–Trinajstić information content (AvgIpc) is 3.20. The van der Waals surface area contributed by atoms with E-state index in [1.165, 1.54) is 22.3 Å². The lowest BCUT2D eigenvalue weighted by molar-refractivity contribution is -0.128. The number of rotatable bonds is 5. The summed E-state index contributed by atoms with van der Waals surface area (Å²) in [4.78, 5) is 20.5. The fourth-order valence-corrected chi connectivity index (χ4v) is 4.14. The largest absolute Gasteiger partial charge is 0.352 e. The van der Waals surface area contributed by atoms with Gasteiger partial charge in [0.2, 0.25) is 5.91 Å². The minimum Gasteiger partial charge on any atom is -0.352 e. The SMILES string of the molecule is CN=C(NCc1ccc(CN2CCCC2=O)cc1)N1CC=C(c2ccccc2)CC1. The Kier molecular flexibility index (Phi) is 6.47. The van der Waals surface area contributed by atoms with Crippen LogP contribution in [0.1, 0.15) is 36.0 Å². The van der Waals surface area contributed by atoms with Crippen LogP contribution in [-0.4, -0.2) is 48.3 Å². The zero-order chi connectivity index (χ0) is 20.8. The number of carbonyl (C=O) groups is 1. The zero-order valence-electron chi connectivity index (χ0n) is 17.7. The van der Waals surface area contributed by atoms with Gasteiger partial charge in [0.15, 0.2) is 5.96 Å². The number of aliphatic imine (C=N–C) groups is 1. The van der Waals surface area contributed by atoms with Gasteiger partial charge in [0.05, 0.1) is 0 Å². The molecule has 0 bridgehead atoms. The van der Waals surface area contributed by atoms with Crippen LogP contribution < -0.4 is 5.32 Å². The van der Waals surface area contributed by atoms with Gasteiger partial charge in [0.25, 0.3) is 0 Å². The van der Waals surface area contributed by atoms with E-state index in [1.54, 1.807) is 0 Å². The maximum absolute atomic E-state index is 11.8. The van der Waals surface area contributed by atoms with Gasteiger partial charge in [0.1, 0.15) is 0 Å².